The number of esters is 1. The number of hydrogen-bond acceptors (Lipinski definition) is 6. The number of para-hydroxylation sites is 1. The lowest BCUT2D eigenvalue weighted by Gasteiger charge is -2.38. The molecule has 1 fully saturated rings. The molecule has 1 aliphatic rings. The number of aromatic nitrogens is 3. The smallest absolute Gasteiger partial charge is 0.327 e. The molecule has 0 bridgehead atoms. The Labute approximate surface area is 191 Å². The summed E-state index contributed by atoms with van der Waals surface area (Å²) in [5.41, 5.74) is 2.88. The van der Waals surface area contributed by atoms with Gasteiger partial charge in [-0.3, -0.25) is 14.4 Å². The number of aryl methyl sites for hydroxylation is 1. The maximum Gasteiger partial charge on any atom is 0.327 e. The van der Waals surface area contributed by atoms with Crippen LogP contribution in [0.25, 0.3) is 5.69 Å². The largest absolute Gasteiger partial charge is 0.468 e. The Morgan fingerprint density at radius 2 is 1.81 bits per heavy atom. The number of benzene rings is 2. The van der Waals surface area contributed by atoms with Gasteiger partial charge in [-0.05, 0) is 48.5 Å². The van der Waals surface area contributed by atoms with Gasteiger partial charge in [0.15, 0.2) is 0 Å². The van der Waals surface area contributed by atoms with Crippen molar-refractivity contribution in [2.75, 3.05) is 33.3 Å². The van der Waals surface area contributed by atoms with Crippen LogP contribution in [0.2, 0.25) is 0 Å². The van der Waals surface area contributed by atoms with Gasteiger partial charge in [-0.2, -0.15) is 5.10 Å². The summed E-state index contributed by atoms with van der Waals surface area (Å²) in [7, 11) is 1.38. The van der Waals surface area contributed by atoms with E-state index in [4.69, 9.17) is 17.0 Å². The zero-order valence-corrected chi connectivity index (χ0v) is 19.0. The monoisotopic (exact) mass is 455 g/mol. The van der Waals surface area contributed by atoms with Gasteiger partial charge in [-0.15, -0.1) is 0 Å². The quantitative estimate of drug-likeness (QED) is 0.420. The topological polar surface area (TPSA) is 55.5 Å². The van der Waals surface area contributed by atoms with Crippen LogP contribution in [-0.2, 0) is 16.2 Å². The molecule has 0 radical (unpaired) electrons. The highest BCUT2D eigenvalue weighted by Crippen LogP contribution is 2.24. The van der Waals surface area contributed by atoms with Crippen molar-refractivity contribution in [2.45, 2.75) is 19.6 Å². The van der Waals surface area contributed by atoms with E-state index in [1.165, 1.54) is 19.2 Å². The molecule has 4 rings (SSSR count). The first-order valence-electron chi connectivity index (χ1n) is 10.5. The van der Waals surface area contributed by atoms with Gasteiger partial charge in [-0.25, -0.2) is 13.9 Å². The Kier molecular flexibility index (Phi) is 6.78. The third kappa shape index (κ3) is 4.64. The van der Waals surface area contributed by atoms with Crippen LogP contribution in [0.3, 0.4) is 0 Å². The van der Waals surface area contributed by atoms with Crippen molar-refractivity contribution in [3.63, 3.8) is 0 Å². The molecule has 1 aromatic heterocycles. The van der Waals surface area contributed by atoms with Crippen molar-refractivity contribution in [1.29, 1.82) is 0 Å². The number of methoxy groups -OCH3 is 1. The molecule has 0 N–H and O–H groups in total. The molecule has 1 saturated heterocycles. The van der Waals surface area contributed by atoms with Gasteiger partial charge in [0.1, 0.15) is 18.2 Å². The molecule has 0 saturated carbocycles. The van der Waals surface area contributed by atoms with E-state index in [-0.39, 0.29) is 11.8 Å². The first-order chi connectivity index (χ1) is 15.5. The average molecular weight is 456 g/mol. The number of hydrogen-bond donors (Lipinski definition) is 0. The van der Waals surface area contributed by atoms with E-state index >= 15 is 0 Å². The molecule has 32 heavy (non-hydrogen) atoms. The summed E-state index contributed by atoms with van der Waals surface area (Å²) in [5, 5.41) is 4.49. The summed E-state index contributed by atoms with van der Waals surface area (Å²) in [4.78, 5) is 16.8. The molecule has 1 aliphatic heterocycles. The van der Waals surface area contributed by atoms with Crippen LogP contribution in [0, 0.1) is 17.5 Å². The second kappa shape index (κ2) is 9.72. The summed E-state index contributed by atoms with van der Waals surface area (Å²) >= 11 is 5.66. The summed E-state index contributed by atoms with van der Waals surface area (Å²) < 4.78 is 22.7. The van der Waals surface area contributed by atoms with E-state index in [9.17, 15) is 9.18 Å². The molecule has 0 spiro atoms. The average Bonchev–Trinajstić information content (AvgIpc) is 3.16. The lowest BCUT2D eigenvalue weighted by Crippen LogP contribution is -2.49. The van der Waals surface area contributed by atoms with Gasteiger partial charge in [0.25, 0.3) is 0 Å². The molecular weight excluding hydrogens is 429 g/mol. The molecule has 2 heterocycles. The van der Waals surface area contributed by atoms with Crippen LogP contribution in [-0.4, -0.2) is 63.4 Å². The molecule has 0 unspecified atom stereocenters. The number of piperazine rings is 1. The zero-order chi connectivity index (χ0) is 22.7. The number of carbonyl (C=O) groups excluding carboxylic acids is 1. The third-order valence-corrected chi connectivity index (χ3v) is 6.23. The van der Waals surface area contributed by atoms with Crippen LogP contribution in [0.1, 0.15) is 17.2 Å². The molecule has 2 aromatic carbocycles. The van der Waals surface area contributed by atoms with Crippen molar-refractivity contribution >= 4 is 18.2 Å². The van der Waals surface area contributed by atoms with E-state index in [0.717, 1.165) is 29.9 Å². The second-order valence-electron chi connectivity index (χ2n) is 7.84. The van der Waals surface area contributed by atoms with Gasteiger partial charge < -0.3 is 4.74 Å². The Balaban J connectivity index is 1.44. The first-order valence-corrected chi connectivity index (χ1v) is 10.9. The molecular formula is C23H26FN5O2S. The lowest BCUT2D eigenvalue weighted by molar-refractivity contribution is -0.148. The zero-order valence-electron chi connectivity index (χ0n) is 18.1. The summed E-state index contributed by atoms with van der Waals surface area (Å²) in [6.45, 7) is 5.45. The van der Waals surface area contributed by atoms with E-state index in [2.05, 4.69) is 14.9 Å². The van der Waals surface area contributed by atoms with Crippen molar-refractivity contribution in [2.24, 2.45) is 0 Å². The minimum atomic E-state index is -0.551. The van der Waals surface area contributed by atoms with Crippen LogP contribution in [0.4, 0.5) is 4.39 Å². The van der Waals surface area contributed by atoms with Gasteiger partial charge in [-0.1, -0.05) is 30.3 Å². The van der Waals surface area contributed by atoms with Crippen molar-refractivity contribution in [3.8, 4) is 5.69 Å². The standard InChI is InChI=1S/C23H26FN5O2S/c1-17-5-3-4-6-20(17)28-15-25-29(23(28)32)16-26-11-13-27(14-12-26)21(22(30)31-2)18-7-9-19(24)10-8-18/h3-10,15,21H,11-14,16H2,1-2H3/t21-/m1/s1. The SMILES string of the molecule is COC(=O)[C@@H](c1ccc(F)cc1)N1CCN(Cn2ncn(-c3ccccc3C)c2=S)CC1. The Morgan fingerprint density at radius 3 is 2.47 bits per heavy atom. The molecule has 3 aromatic rings. The van der Waals surface area contributed by atoms with E-state index in [0.29, 0.717) is 24.5 Å². The summed E-state index contributed by atoms with van der Waals surface area (Å²) in [5.74, 6) is -0.673. The fraction of sp³-hybridized carbons (Fsp3) is 0.348. The second-order valence-corrected chi connectivity index (χ2v) is 8.21. The van der Waals surface area contributed by atoms with E-state index < -0.39 is 6.04 Å². The first kappa shape index (κ1) is 22.3. The van der Waals surface area contributed by atoms with Crippen molar-refractivity contribution in [3.05, 3.63) is 76.6 Å². The van der Waals surface area contributed by atoms with Crippen LogP contribution in [0.15, 0.2) is 54.9 Å². The fourth-order valence-electron chi connectivity index (χ4n) is 4.04. The Hall–Kier alpha value is -2.88. The highest BCUT2D eigenvalue weighted by atomic mass is 32.1. The normalized spacial score (nSPS) is 16.1. The number of rotatable bonds is 6. The minimum Gasteiger partial charge on any atom is -0.468 e. The Bertz CT molecular complexity index is 1140. The van der Waals surface area contributed by atoms with Crippen molar-refractivity contribution < 1.29 is 13.9 Å². The predicted octanol–water partition coefficient (Wildman–Crippen LogP) is 3.34. The molecule has 168 valence electrons. The molecule has 9 heteroatoms. The lowest BCUT2D eigenvalue weighted by atomic mass is 10.0. The number of halogens is 1. The van der Waals surface area contributed by atoms with Crippen LogP contribution >= 0.6 is 12.2 Å². The van der Waals surface area contributed by atoms with E-state index in [1.807, 2.05) is 40.4 Å². The molecule has 7 nitrogen and oxygen atoms in total. The minimum absolute atomic E-state index is 0.330. The number of carbonyl (C=O) groups is 1. The maximum atomic E-state index is 13.3. The fourth-order valence-corrected chi connectivity index (χ4v) is 4.29. The van der Waals surface area contributed by atoms with Crippen LogP contribution < -0.4 is 0 Å². The van der Waals surface area contributed by atoms with Gasteiger partial charge in [0, 0.05) is 26.2 Å². The summed E-state index contributed by atoms with van der Waals surface area (Å²) in [6, 6.07) is 13.5. The van der Waals surface area contributed by atoms with Crippen LogP contribution in [0.5, 0.6) is 0 Å². The highest BCUT2D eigenvalue weighted by Gasteiger charge is 2.31. The third-order valence-electron chi connectivity index (χ3n) is 5.82. The number of ether oxygens (including phenoxy) is 1. The molecule has 0 amide bonds. The maximum absolute atomic E-state index is 13.3. The highest BCUT2D eigenvalue weighted by molar-refractivity contribution is 7.71. The molecule has 0 aliphatic carbocycles. The molecule has 1 atom stereocenters. The Morgan fingerprint density at radius 1 is 1.12 bits per heavy atom. The number of nitrogens with zero attached hydrogens (tertiary/aromatic N) is 5. The summed E-state index contributed by atoms with van der Waals surface area (Å²) in [6.07, 6.45) is 1.75. The van der Waals surface area contributed by atoms with Gasteiger partial charge in [0.05, 0.1) is 19.5 Å². The predicted molar refractivity (Wildman–Crippen MR) is 121 cm³/mol. The van der Waals surface area contributed by atoms with E-state index in [1.54, 1.807) is 18.5 Å². The van der Waals surface area contributed by atoms with Gasteiger partial charge >= 0.3 is 5.97 Å². The van der Waals surface area contributed by atoms with Crippen molar-refractivity contribution in [1.82, 2.24) is 24.1 Å². The van der Waals surface area contributed by atoms with Gasteiger partial charge in [0.2, 0.25) is 4.77 Å².